The summed E-state index contributed by atoms with van der Waals surface area (Å²) in [5, 5.41) is 2.65. The van der Waals surface area contributed by atoms with Gasteiger partial charge in [-0.05, 0) is 31.5 Å². The number of fused-ring (bicyclic) bond motifs is 3. The van der Waals surface area contributed by atoms with E-state index in [9.17, 15) is 0 Å². The highest BCUT2D eigenvalue weighted by Crippen LogP contribution is 2.30. The highest BCUT2D eigenvalue weighted by atomic mass is 16.5. The fourth-order valence-electron chi connectivity index (χ4n) is 3.63. The molecule has 1 aromatic carbocycles. The lowest BCUT2D eigenvalue weighted by molar-refractivity contribution is 0.0366. The summed E-state index contributed by atoms with van der Waals surface area (Å²) in [7, 11) is 0. The number of rotatable bonds is 3. The van der Waals surface area contributed by atoms with E-state index in [4.69, 9.17) is 4.74 Å². The van der Waals surface area contributed by atoms with Gasteiger partial charge < -0.3 is 9.30 Å². The molecule has 0 aliphatic carbocycles. The van der Waals surface area contributed by atoms with Crippen molar-refractivity contribution < 1.29 is 4.74 Å². The van der Waals surface area contributed by atoms with Crippen molar-refractivity contribution in [2.45, 2.75) is 20.4 Å². The Morgan fingerprint density at radius 1 is 1.04 bits per heavy atom. The molecule has 0 amide bonds. The highest BCUT2D eigenvalue weighted by molar-refractivity contribution is 6.08. The molecular weight excluding hydrogens is 286 g/mol. The van der Waals surface area contributed by atoms with Crippen molar-refractivity contribution in [1.29, 1.82) is 0 Å². The number of benzene rings is 1. The van der Waals surface area contributed by atoms with E-state index >= 15 is 0 Å². The second-order valence-corrected chi connectivity index (χ2v) is 6.42. The molecule has 1 saturated heterocycles. The van der Waals surface area contributed by atoms with Crippen LogP contribution in [-0.4, -0.2) is 47.3 Å². The summed E-state index contributed by atoms with van der Waals surface area (Å²) in [6.45, 7) is 10.1. The summed E-state index contributed by atoms with van der Waals surface area (Å²) < 4.78 is 7.91. The normalized spacial score (nSPS) is 16.4. The average Bonchev–Trinajstić information content (AvgIpc) is 2.88. The molecular formula is C19H23N3O. The Morgan fingerprint density at radius 2 is 1.87 bits per heavy atom. The second kappa shape index (κ2) is 5.95. The van der Waals surface area contributed by atoms with E-state index in [1.54, 1.807) is 0 Å². The lowest BCUT2D eigenvalue weighted by Crippen LogP contribution is -2.38. The Hall–Kier alpha value is -1.91. The number of nitrogens with zero attached hydrogens (tertiary/aromatic N) is 3. The first kappa shape index (κ1) is 14.7. The van der Waals surface area contributed by atoms with Crippen LogP contribution in [0.3, 0.4) is 0 Å². The van der Waals surface area contributed by atoms with Gasteiger partial charge in [0.15, 0.2) is 0 Å². The summed E-state index contributed by atoms with van der Waals surface area (Å²) in [5.41, 5.74) is 5.02. The van der Waals surface area contributed by atoms with Gasteiger partial charge in [0.1, 0.15) is 0 Å². The van der Waals surface area contributed by atoms with Crippen LogP contribution in [0.5, 0.6) is 0 Å². The molecule has 3 heterocycles. The van der Waals surface area contributed by atoms with Crippen LogP contribution < -0.4 is 0 Å². The minimum Gasteiger partial charge on any atom is -0.379 e. The molecule has 0 saturated carbocycles. The molecule has 0 atom stereocenters. The van der Waals surface area contributed by atoms with Crippen molar-refractivity contribution in [3.8, 4) is 0 Å². The third-order valence-electron chi connectivity index (χ3n) is 4.85. The molecule has 23 heavy (non-hydrogen) atoms. The first-order valence-corrected chi connectivity index (χ1v) is 8.38. The number of ether oxygens (including phenoxy) is 1. The minimum atomic E-state index is 0.854. The number of aromatic nitrogens is 2. The van der Waals surface area contributed by atoms with Crippen molar-refractivity contribution in [3.05, 3.63) is 41.7 Å². The molecule has 0 spiro atoms. The molecule has 1 aliphatic rings. The molecule has 3 aromatic rings. The zero-order chi connectivity index (χ0) is 15.8. The van der Waals surface area contributed by atoms with Crippen LogP contribution in [0.25, 0.3) is 21.8 Å². The zero-order valence-electron chi connectivity index (χ0n) is 13.9. The number of hydrogen-bond donors (Lipinski definition) is 0. The summed E-state index contributed by atoms with van der Waals surface area (Å²) >= 11 is 0. The number of aryl methyl sites for hydroxylation is 2. The molecule has 0 bridgehead atoms. The third-order valence-corrected chi connectivity index (χ3v) is 4.85. The van der Waals surface area contributed by atoms with Crippen molar-refractivity contribution >= 4 is 21.8 Å². The van der Waals surface area contributed by atoms with Crippen LogP contribution >= 0.6 is 0 Å². The van der Waals surface area contributed by atoms with Gasteiger partial charge in [-0.15, -0.1) is 0 Å². The maximum atomic E-state index is 5.45. The van der Waals surface area contributed by atoms with E-state index in [2.05, 4.69) is 52.6 Å². The van der Waals surface area contributed by atoms with Gasteiger partial charge in [0, 0.05) is 48.7 Å². The van der Waals surface area contributed by atoms with Crippen LogP contribution in [0, 0.1) is 13.8 Å². The maximum Gasteiger partial charge on any atom is 0.0708 e. The molecule has 0 radical (unpaired) electrons. The van der Waals surface area contributed by atoms with Crippen LogP contribution in [0.4, 0.5) is 0 Å². The maximum absolute atomic E-state index is 5.45. The van der Waals surface area contributed by atoms with E-state index < -0.39 is 0 Å². The fraction of sp³-hybridized carbons (Fsp3) is 0.421. The minimum absolute atomic E-state index is 0.854. The van der Waals surface area contributed by atoms with Crippen molar-refractivity contribution in [2.24, 2.45) is 0 Å². The van der Waals surface area contributed by atoms with Gasteiger partial charge in [-0.2, -0.15) is 0 Å². The second-order valence-electron chi connectivity index (χ2n) is 6.42. The molecule has 0 unspecified atom stereocenters. The van der Waals surface area contributed by atoms with E-state index in [-0.39, 0.29) is 0 Å². The van der Waals surface area contributed by atoms with Crippen LogP contribution in [0.1, 0.15) is 11.3 Å². The first-order chi connectivity index (χ1) is 11.2. The molecule has 4 heteroatoms. The number of hydrogen-bond acceptors (Lipinski definition) is 3. The molecule has 120 valence electrons. The summed E-state index contributed by atoms with van der Waals surface area (Å²) in [4.78, 5) is 7.01. The van der Waals surface area contributed by atoms with Gasteiger partial charge in [-0.25, -0.2) is 0 Å². The van der Waals surface area contributed by atoms with Crippen LogP contribution in [-0.2, 0) is 11.3 Å². The third kappa shape index (κ3) is 2.62. The van der Waals surface area contributed by atoms with Gasteiger partial charge in [0.25, 0.3) is 0 Å². The van der Waals surface area contributed by atoms with Gasteiger partial charge >= 0.3 is 0 Å². The Kier molecular flexibility index (Phi) is 3.79. The van der Waals surface area contributed by atoms with E-state index in [1.165, 1.54) is 27.4 Å². The highest BCUT2D eigenvalue weighted by Gasteiger charge is 2.15. The lowest BCUT2D eigenvalue weighted by Gasteiger charge is -2.27. The molecule has 1 aliphatic heterocycles. The average molecular weight is 309 g/mol. The molecule has 1 fully saturated rings. The quantitative estimate of drug-likeness (QED) is 0.744. The van der Waals surface area contributed by atoms with E-state index in [0.717, 1.165) is 45.1 Å². The van der Waals surface area contributed by atoms with Gasteiger partial charge in [-0.3, -0.25) is 9.88 Å². The standard InChI is InChI=1S/C19H23N3O/c1-14-3-4-16-17-5-6-20-15(2)19(17)22(18(16)13-14)8-7-21-9-11-23-12-10-21/h3-6,13H,7-12H2,1-2H3. The van der Waals surface area contributed by atoms with Gasteiger partial charge in [-0.1, -0.05) is 12.1 Å². The van der Waals surface area contributed by atoms with Gasteiger partial charge in [0.2, 0.25) is 0 Å². The van der Waals surface area contributed by atoms with Crippen LogP contribution in [0.2, 0.25) is 0 Å². The molecule has 4 nitrogen and oxygen atoms in total. The first-order valence-electron chi connectivity index (χ1n) is 8.38. The summed E-state index contributed by atoms with van der Waals surface area (Å²) in [6.07, 6.45) is 1.92. The lowest BCUT2D eigenvalue weighted by atomic mass is 10.1. The Morgan fingerprint density at radius 3 is 2.70 bits per heavy atom. The predicted octanol–water partition coefficient (Wildman–Crippen LogP) is 3.14. The Bertz CT molecular complexity index is 847. The zero-order valence-corrected chi connectivity index (χ0v) is 13.9. The largest absolute Gasteiger partial charge is 0.379 e. The van der Waals surface area contributed by atoms with E-state index in [1.807, 2.05) is 6.20 Å². The van der Waals surface area contributed by atoms with E-state index in [0.29, 0.717) is 0 Å². The number of morpholine rings is 1. The molecule has 0 N–H and O–H groups in total. The monoisotopic (exact) mass is 309 g/mol. The summed E-state index contributed by atoms with van der Waals surface area (Å²) in [6, 6.07) is 8.89. The number of pyridine rings is 1. The smallest absolute Gasteiger partial charge is 0.0708 e. The Labute approximate surface area is 136 Å². The molecule has 4 rings (SSSR count). The molecule has 2 aromatic heterocycles. The topological polar surface area (TPSA) is 30.3 Å². The van der Waals surface area contributed by atoms with Gasteiger partial charge in [0.05, 0.1) is 24.4 Å². The Balaban J connectivity index is 1.79. The SMILES string of the molecule is Cc1ccc2c3ccnc(C)c3n(CCN3CCOCC3)c2c1. The van der Waals surface area contributed by atoms with Crippen LogP contribution in [0.15, 0.2) is 30.5 Å². The van der Waals surface area contributed by atoms with Crippen molar-refractivity contribution in [1.82, 2.24) is 14.5 Å². The predicted molar refractivity (Wildman–Crippen MR) is 94.0 cm³/mol. The fourth-order valence-corrected chi connectivity index (χ4v) is 3.63. The van der Waals surface area contributed by atoms with Crippen molar-refractivity contribution in [3.63, 3.8) is 0 Å². The van der Waals surface area contributed by atoms with Crippen molar-refractivity contribution in [2.75, 3.05) is 32.8 Å². The summed E-state index contributed by atoms with van der Waals surface area (Å²) in [5.74, 6) is 0.